The van der Waals surface area contributed by atoms with E-state index in [2.05, 4.69) is 15.2 Å². The van der Waals surface area contributed by atoms with Gasteiger partial charge in [0.05, 0.1) is 0 Å². The van der Waals surface area contributed by atoms with Crippen LogP contribution in [0, 0.1) is 11.2 Å². The van der Waals surface area contributed by atoms with Gasteiger partial charge < -0.3 is 10.2 Å². The Bertz CT molecular complexity index is 497. The first-order valence-corrected chi connectivity index (χ1v) is 7.41. The summed E-state index contributed by atoms with van der Waals surface area (Å²) >= 11 is 0. The number of nitrogens with zero attached hydrogens (tertiary/aromatic N) is 2. The standard InChI is InChI=1S/C16H22FN3.HI/c1-18-15(19-11-13-3-5-14(17)6-4-13)20-10-9-16(12-20)7-2-8-16;/h3-6H,2,7-12H2,1H3,(H,18,19);1H. The topological polar surface area (TPSA) is 27.6 Å². The van der Waals surface area contributed by atoms with Crippen LogP contribution in [0.2, 0.25) is 0 Å². The molecule has 21 heavy (non-hydrogen) atoms. The summed E-state index contributed by atoms with van der Waals surface area (Å²) in [7, 11) is 1.83. The highest BCUT2D eigenvalue weighted by atomic mass is 127. The second kappa shape index (κ2) is 6.94. The molecule has 0 unspecified atom stereocenters. The summed E-state index contributed by atoms with van der Waals surface area (Å²) in [6, 6.07) is 6.62. The van der Waals surface area contributed by atoms with Crippen molar-refractivity contribution in [3.63, 3.8) is 0 Å². The maximum atomic E-state index is 12.9. The summed E-state index contributed by atoms with van der Waals surface area (Å²) in [5.74, 6) is 0.780. The molecule has 0 amide bonds. The molecule has 1 aromatic rings. The average Bonchev–Trinajstić information content (AvgIpc) is 2.87. The van der Waals surface area contributed by atoms with Gasteiger partial charge in [-0.15, -0.1) is 24.0 Å². The van der Waals surface area contributed by atoms with Gasteiger partial charge in [-0.3, -0.25) is 4.99 Å². The fourth-order valence-electron chi connectivity index (χ4n) is 3.32. The van der Waals surface area contributed by atoms with Crippen molar-refractivity contribution in [3.8, 4) is 0 Å². The smallest absolute Gasteiger partial charge is 0.193 e. The second-order valence-corrected chi connectivity index (χ2v) is 6.05. The molecule has 3 nitrogen and oxygen atoms in total. The zero-order valence-electron chi connectivity index (χ0n) is 12.4. The molecule has 2 aliphatic rings. The Hall–Kier alpha value is -0.850. The lowest BCUT2D eigenvalue weighted by Gasteiger charge is -2.38. The molecule has 0 atom stereocenters. The molecule has 0 radical (unpaired) electrons. The fourth-order valence-corrected chi connectivity index (χ4v) is 3.32. The van der Waals surface area contributed by atoms with Crippen molar-refractivity contribution in [1.29, 1.82) is 0 Å². The van der Waals surface area contributed by atoms with Gasteiger partial charge in [0, 0.05) is 26.7 Å². The number of aliphatic imine (C=N–C) groups is 1. The summed E-state index contributed by atoms with van der Waals surface area (Å²) in [6.45, 7) is 2.93. The van der Waals surface area contributed by atoms with E-state index in [-0.39, 0.29) is 29.8 Å². The van der Waals surface area contributed by atoms with Crippen molar-refractivity contribution in [1.82, 2.24) is 10.2 Å². The van der Waals surface area contributed by atoms with Crippen molar-refractivity contribution < 1.29 is 4.39 Å². The Morgan fingerprint density at radius 3 is 2.52 bits per heavy atom. The van der Waals surface area contributed by atoms with E-state index in [4.69, 9.17) is 0 Å². The van der Waals surface area contributed by atoms with E-state index in [1.54, 1.807) is 0 Å². The fraction of sp³-hybridized carbons (Fsp3) is 0.562. The number of benzene rings is 1. The molecule has 5 heteroatoms. The van der Waals surface area contributed by atoms with Gasteiger partial charge in [0.25, 0.3) is 0 Å². The molecule has 1 aromatic carbocycles. The quantitative estimate of drug-likeness (QED) is 0.466. The SMILES string of the molecule is CN=C(NCc1ccc(F)cc1)N1CCC2(CCC2)C1.I. The number of hydrogen-bond acceptors (Lipinski definition) is 1. The normalized spacial score (nSPS) is 20.1. The molecule has 116 valence electrons. The lowest BCUT2D eigenvalue weighted by atomic mass is 9.68. The zero-order chi connectivity index (χ0) is 14.0. The molecular weight excluding hydrogens is 380 g/mol. The third kappa shape index (κ3) is 3.67. The van der Waals surface area contributed by atoms with Crippen LogP contribution in [0.4, 0.5) is 4.39 Å². The Morgan fingerprint density at radius 1 is 1.29 bits per heavy atom. The lowest BCUT2D eigenvalue weighted by Crippen LogP contribution is -2.42. The van der Waals surface area contributed by atoms with Gasteiger partial charge in [-0.1, -0.05) is 18.6 Å². The van der Waals surface area contributed by atoms with Crippen LogP contribution in [0.25, 0.3) is 0 Å². The Balaban J connectivity index is 0.00000161. The van der Waals surface area contributed by atoms with Gasteiger partial charge in [-0.05, 0) is 42.4 Å². The number of rotatable bonds is 2. The van der Waals surface area contributed by atoms with Gasteiger partial charge >= 0.3 is 0 Å². The maximum absolute atomic E-state index is 12.9. The number of nitrogens with one attached hydrogen (secondary N) is 1. The number of hydrogen-bond donors (Lipinski definition) is 1. The maximum Gasteiger partial charge on any atom is 0.193 e. The van der Waals surface area contributed by atoms with Gasteiger partial charge in [-0.25, -0.2) is 4.39 Å². The molecule has 0 aromatic heterocycles. The van der Waals surface area contributed by atoms with Crippen LogP contribution in [0.1, 0.15) is 31.2 Å². The van der Waals surface area contributed by atoms with Crippen molar-refractivity contribution in [3.05, 3.63) is 35.6 Å². The van der Waals surface area contributed by atoms with Gasteiger partial charge in [0.1, 0.15) is 5.82 Å². The molecular formula is C16H23FIN3. The Morgan fingerprint density at radius 2 is 2.00 bits per heavy atom. The minimum Gasteiger partial charge on any atom is -0.352 e. The predicted molar refractivity (Wildman–Crippen MR) is 94.5 cm³/mol. The summed E-state index contributed by atoms with van der Waals surface area (Å²) in [5, 5.41) is 3.39. The van der Waals surface area contributed by atoms with Gasteiger partial charge in [0.2, 0.25) is 0 Å². The van der Waals surface area contributed by atoms with E-state index in [0.29, 0.717) is 12.0 Å². The van der Waals surface area contributed by atoms with Gasteiger partial charge in [0.15, 0.2) is 5.96 Å². The number of guanidine groups is 1. The summed E-state index contributed by atoms with van der Waals surface area (Å²) < 4.78 is 12.9. The molecule has 1 saturated heterocycles. The Labute approximate surface area is 143 Å². The van der Waals surface area contributed by atoms with Crippen LogP contribution in [-0.4, -0.2) is 31.0 Å². The first-order valence-electron chi connectivity index (χ1n) is 7.41. The molecule has 1 aliphatic carbocycles. The first-order chi connectivity index (χ1) is 9.71. The third-order valence-electron chi connectivity index (χ3n) is 4.73. The van der Waals surface area contributed by atoms with Crippen LogP contribution >= 0.6 is 24.0 Å². The van der Waals surface area contributed by atoms with Gasteiger partial charge in [-0.2, -0.15) is 0 Å². The van der Waals surface area contributed by atoms with Crippen LogP contribution in [0.3, 0.4) is 0 Å². The molecule has 1 heterocycles. The van der Waals surface area contributed by atoms with Crippen molar-refractivity contribution in [2.75, 3.05) is 20.1 Å². The summed E-state index contributed by atoms with van der Waals surface area (Å²) in [6.07, 6.45) is 5.43. The van der Waals surface area contributed by atoms with E-state index in [0.717, 1.165) is 24.6 Å². The minimum absolute atomic E-state index is 0. The largest absolute Gasteiger partial charge is 0.352 e. The van der Waals surface area contributed by atoms with Crippen LogP contribution in [0.15, 0.2) is 29.3 Å². The molecule has 1 spiro atoms. The average molecular weight is 403 g/mol. The van der Waals surface area contributed by atoms with Crippen molar-refractivity contribution in [2.45, 2.75) is 32.2 Å². The highest BCUT2D eigenvalue weighted by molar-refractivity contribution is 14.0. The zero-order valence-corrected chi connectivity index (χ0v) is 14.8. The van der Waals surface area contributed by atoms with Crippen LogP contribution in [-0.2, 0) is 6.54 Å². The number of halogens is 2. The predicted octanol–water partition coefficient (Wildman–Crippen LogP) is 3.40. The summed E-state index contributed by atoms with van der Waals surface area (Å²) in [5.41, 5.74) is 1.65. The van der Waals surface area contributed by atoms with E-state index in [1.807, 2.05) is 19.2 Å². The third-order valence-corrected chi connectivity index (χ3v) is 4.73. The van der Waals surface area contributed by atoms with E-state index < -0.39 is 0 Å². The minimum atomic E-state index is -0.190. The molecule has 1 saturated carbocycles. The van der Waals surface area contributed by atoms with Crippen LogP contribution in [0.5, 0.6) is 0 Å². The monoisotopic (exact) mass is 403 g/mol. The molecule has 3 rings (SSSR count). The molecule has 2 fully saturated rings. The highest BCUT2D eigenvalue weighted by Gasteiger charge is 2.43. The number of likely N-dealkylation sites (tertiary alicyclic amines) is 1. The van der Waals surface area contributed by atoms with E-state index >= 15 is 0 Å². The molecule has 1 aliphatic heterocycles. The molecule has 1 N–H and O–H groups in total. The first kappa shape index (κ1) is 16.5. The highest BCUT2D eigenvalue weighted by Crippen LogP contribution is 2.47. The Kier molecular flexibility index (Phi) is 5.46. The van der Waals surface area contributed by atoms with Crippen molar-refractivity contribution >= 4 is 29.9 Å². The van der Waals surface area contributed by atoms with Crippen molar-refractivity contribution in [2.24, 2.45) is 10.4 Å². The van der Waals surface area contributed by atoms with E-state index in [9.17, 15) is 4.39 Å². The second-order valence-electron chi connectivity index (χ2n) is 6.05. The lowest BCUT2D eigenvalue weighted by molar-refractivity contribution is 0.151. The summed E-state index contributed by atoms with van der Waals surface area (Å²) in [4.78, 5) is 6.75. The van der Waals surface area contributed by atoms with E-state index in [1.165, 1.54) is 37.8 Å². The van der Waals surface area contributed by atoms with Crippen LogP contribution < -0.4 is 5.32 Å². The molecule has 0 bridgehead atoms.